The molecule has 0 amide bonds. The third-order valence-corrected chi connectivity index (χ3v) is 3.87. The van der Waals surface area contributed by atoms with Crippen LogP contribution in [0.2, 0.25) is 0 Å². The van der Waals surface area contributed by atoms with Crippen molar-refractivity contribution in [2.75, 3.05) is 19.7 Å². The summed E-state index contributed by atoms with van der Waals surface area (Å²) in [5.74, 6) is 0.930. The Balaban J connectivity index is 2.35. The van der Waals surface area contributed by atoms with Crippen LogP contribution >= 0.6 is 0 Å². The van der Waals surface area contributed by atoms with Crippen LogP contribution in [0, 0.1) is 5.92 Å². The fraction of sp³-hybridized carbons (Fsp3) is 1.00. The lowest BCUT2D eigenvalue weighted by Gasteiger charge is -2.31. The summed E-state index contributed by atoms with van der Waals surface area (Å²) >= 11 is 0. The van der Waals surface area contributed by atoms with Gasteiger partial charge in [-0.25, -0.2) is 0 Å². The molecule has 2 atom stereocenters. The molecule has 1 saturated carbocycles. The van der Waals surface area contributed by atoms with Gasteiger partial charge in [-0.15, -0.1) is 0 Å². The highest BCUT2D eigenvalue weighted by Crippen LogP contribution is 2.32. The molecule has 0 radical (unpaired) electrons. The highest BCUT2D eigenvalue weighted by molar-refractivity contribution is 4.84. The molecule has 1 aliphatic carbocycles. The molecule has 0 spiro atoms. The molecule has 1 N–H and O–H groups in total. The largest absolute Gasteiger partial charge is 0.396 e. The van der Waals surface area contributed by atoms with E-state index < -0.39 is 0 Å². The van der Waals surface area contributed by atoms with E-state index in [2.05, 4.69) is 18.7 Å². The standard InChI is InChI=1S/C13H27NO/c1-3-12-8-7-9-13(12)14(4-2)10-5-6-11-15/h12-13,15H,3-11H2,1-2H3. The Morgan fingerprint density at radius 1 is 1.20 bits per heavy atom. The van der Waals surface area contributed by atoms with Gasteiger partial charge in [-0.3, -0.25) is 0 Å². The van der Waals surface area contributed by atoms with Gasteiger partial charge in [0.1, 0.15) is 0 Å². The van der Waals surface area contributed by atoms with Crippen LogP contribution in [0.15, 0.2) is 0 Å². The Morgan fingerprint density at radius 3 is 2.60 bits per heavy atom. The normalized spacial score (nSPS) is 26.4. The van der Waals surface area contributed by atoms with Gasteiger partial charge in [0.2, 0.25) is 0 Å². The smallest absolute Gasteiger partial charge is 0.0431 e. The lowest BCUT2D eigenvalue weighted by Crippen LogP contribution is -2.38. The van der Waals surface area contributed by atoms with Gasteiger partial charge >= 0.3 is 0 Å². The molecule has 2 heteroatoms. The number of aliphatic hydroxyl groups excluding tert-OH is 1. The minimum atomic E-state index is 0.347. The van der Waals surface area contributed by atoms with Gasteiger partial charge in [0, 0.05) is 12.6 Å². The van der Waals surface area contributed by atoms with Crippen molar-refractivity contribution in [3.63, 3.8) is 0 Å². The van der Waals surface area contributed by atoms with E-state index in [1.54, 1.807) is 0 Å². The van der Waals surface area contributed by atoms with Crippen LogP contribution in [0.3, 0.4) is 0 Å². The van der Waals surface area contributed by atoms with Crippen LogP contribution in [-0.4, -0.2) is 35.7 Å². The predicted octanol–water partition coefficient (Wildman–Crippen LogP) is 2.66. The van der Waals surface area contributed by atoms with Crippen LogP contribution < -0.4 is 0 Å². The minimum Gasteiger partial charge on any atom is -0.396 e. The molecule has 1 rings (SSSR count). The number of aliphatic hydroxyl groups is 1. The van der Waals surface area contributed by atoms with Crippen LogP contribution in [0.4, 0.5) is 0 Å². The first-order valence-electron chi connectivity index (χ1n) is 6.68. The highest BCUT2D eigenvalue weighted by atomic mass is 16.2. The maximum Gasteiger partial charge on any atom is 0.0431 e. The molecule has 2 nitrogen and oxygen atoms in total. The van der Waals surface area contributed by atoms with Crippen LogP contribution in [0.1, 0.15) is 52.4 Å². The lowest BCUT2D eigenvalue weighted by molar-refractivity contribution is 0.157. The maximum absolute atomic E-state index is 8.80. The molecule has 0 bridgehead atoms. The Bertz CT molecular complexity index is 161. The van der Waals surface area contributed by atoms with Gasteiger partial charge in [0.15, 0.2) is 0 Å². The zero-order valence-electron chi connectivity index (χ0n) is 10.4. The van der Waals surface area contributed by atoms with Gasteiger partial charge in [-0.05, 0) is 44.7 Å². The molecule has 0 aromatic carbocycles. The third kappa shape index (κ3) is 3.76. The van der Waals surface area contributed by atoms with Crippen molar-refractivity contribution in [2.24, 2.45) is 5.92 Å². The van der Waals surface area contributed by atoms with Crippen molar-refractivity contribution in [2.45, 2.75) is 58.4 Å². The number of hydrogen-bond donors (Lipinski definition) is 1. The number of unbranched alkanes of at least 4 members (excludes halogenated alkanes) is 1. The van der Waals surface area contributed by atoms with Crippen LogP contribution in [0.5, 0.6) is 0 Å². The number of rotatable bonds is 7. The molecule has 0 aromatic rings. The van der Waals surface area contributed by atoms with E-state index in [9.17, 15) is 0 Å². The fourth-order valence-electron chi connectivity index (χ4n) is 2.96. The first-order valence-corrected chi connectivity index (χ1v) is 6.68. The zero-order valence-corrected chi connectivity index (χ0v) is 10.4. The molecular formula is C13H27NO. The quantitative estimate of drug-likeness (QED) is 0.657. The summed E-state index contributed by atoms with van der Waals surface area (Å²) in [6.45, 7) is 7.29. The number of hydrogen-bond acceptors (Lipinski definition) is 2. The molecule has 15 heavy (non-hydrogen) atoms. The van der Waals surface area contributed by atoms with Gasteiger partial charge in [-0.1, -0.05) is 26.7 Å². The van der Waals surface area contributed by atoms with Crippen molar-refractivity contribution in [1.82, 2.24) is 4.90 Å². The monoisotopic (exact) mass is 213 g/mol. The second kappa shape index (κ2) is 7.24. The Kier molecular flexibility index (Phi) is 6.26. The molecule has 1 fully saturated rings. The van der Waals surface area contributed by atoms with E-state index in [0.29, 0.717) is 6.61 Å². The third-order valence-electron chi connectivity index (χ3n) is 3.87. The predicted molar refractivity (Wildman–Crippen MR) is 65.0 cm³/mol. The topological polar surface area (TPSA) is 23.5 Å². The summed E-state index contributed by atoms with van der Waals surface area (Å²) in [6, 6.07) is 0.832. The van der Waals surface area contributed by atoms with Crippen molar-refractivity contribution < 1.29 is 5.11 Å². The van der Waals surface area contributed by atoms with E-state index in [0.717, 1.165) is 24.8 Å². The summed E-state index contributed by atoms with van der Waals surface area (Å²) < 4.78 is 0. The van der Waals surface area contributed by atoms with E-state index in [-0.39, 0.29) is 0 Å². The maximum atomic E-state index is 8.80. The second-order valence-corrected chi connectivity index (χ2v) is 4.73. The SMILES string of the molecule is CCC1CCCC1N(CC)CCCCO. The van der Waals surface area contributed by atoms with Gasteiger partial charge < -0.3 is 10.0 Å². The molecule has 1 aliphatic rings. The van der Waals surface area contributed by atoms with Crippen LogP contribution in [0.25, 0.3) is 0 Å². The van der Waals surface area contributed by atoms with Gasteiger partial charge in [0.05, 0.1) is 0 Å². The second-order valence-electron chi connectivity index (χ2n) is 4.73. The Hall–Kier alpha value is -0.0800. The molecular weight excluding hydrogens is 186 g/mol. The minimum absolute atomic E-state index is 0.347. The Labute approximate surface area is 94.7 Å². The van der Waals surface area contributed by atoms with E-state index in [4.69, 9.17) is 5.11 Å². The molecule has 0 heterocycles. The van der Waals surface area contributed by atoms with Crippen molar-refractivity contribution in [1.29, 1.82) is 0 Å². The van der Waals surface area contributed by atoms with Crippen LogP contribution in [-0.2, 0) is 0 Å². The van der Waals surface area contributed by atoms with E-state index in [1.807, 2.05) is 0 Å². The number of nitrogens with zero attached hydrogens (tertiary/aromatic N) is 1. The summed E-state index contributed by atoms with van der Waals surface area (Å²) in [4.78, 5) is 2.64. The molecule has 0 saturated heterocycles. The summed E-state index contributed by atoms with van der Waals surface area (Å²) in [7, 11) is 0. The van der Waals surface area contributed by atoms with Gasteiger partial charge in [0.25, 0.3) is 0 Å². The van der Waals surface area contributed by atoms with E-state index >= 15 is 0 Å². The molecule has 2 unspecified atom stereocenters. The van der Waals surface area contributed by atoms with Crippen molar-refractivity contribution >= 4 is 0 Å². The van der Waals surface area contributed by atoms with Crippen molar-refractivity contribution in [3.8, 4) is 0 Å². The first kappa shape index (κ1) is 13.0. The highest BCUT2D eigenvalue weighted by Gasteiger charge is 2.29. The summed E-state index contributed by atoms with van der Waals surface area (Å²) in [6.07, 6.45) is 7.68. The average molecular weight is 213 g/mol. The zero-order chi connectivity index (χ0) is 11.1. The lowest BCUT2D eigenvalue weighted by atomic mass is 9.99. The molecule has 90 valence electrons. The summed E-state index contributed by atoms with van der Waals surface area (Å²) in [5, 5.41) is 8.80. The molecule has 0 aliphatic heterocycles. The first-order chi connectivity index (χ1) is 7.33. The Morgan fingerprint density at radius 2 is 2.00 bits per heavy atom. The average Bonchev–Trinajstić information content (AvgIpc) is 2.72. The van der Waals surface area contributed by atoms with Gasteiger partial charge in [-0.2, -0.15) is 0 Å². The summed E-state index contributed by atoms with van der Waals surface area (Å²) in [5.41, 5.74) is 0. The van der Waals surface area contributed by atoms with Crippen molar-refractivity contribution in [3.05, 3.63) is 0 Å². The molecule has 0 aromatic heterocycles. The van der Waals surface area contributed by atoms with E-state index in [1.165, 1.54) is 38.8 Å². The fourth-order valence-corrected chi connectivity index (χ4v) is 2.96.